The number of rotatable bonds is 1. The number of piperidine rings is 1. The van der Waals surface area contributed by atoms with Gasteiger partial charge in [0.1, 0.15) is 5.82 Å². The van der Waals surface area contributed by atoms with Crippen LogP contribution in [0.4, 0.5) is 10.1 Å². The Morgan fingerprint density at radius 3 is 2.62 bits per heavy atom. The summed E-state index contributed by atoms with van der Waals surface area (Å²) in [6.45, 7) is 3.85. The summed E-state index contributed by atoms with van der Waals surface area (Å²) in [5.74, 6) is -0.199. The third-order valence-electron chi connectivity index (χ3n) is 3.12. The molecule has 0 radical (unpaired) electrons. The molecule has 0 bridgehead atoms. The molecule has 2 nitrogen and oxygen atoms in total. The second-order valence-electron chi connectivity index (χ2n) is 4.38. The number of benzene rings is 1. The Kier molecular flexibility index (Phi) is 3.50. The van der Waals surface area contributed by atoms with E-state index in [1.807, 2.05) is 13.0 Å². The summed E-state index contributed by atoms with van der Waals surface area (Å²) in [6, 6.07) is 3.74. The predicted octanol–water partition coefficient (Wildman–Crippen LogP) is 2.82. The van der Waals surface area contributed by atoms with Gasteiger partial charge < -0.3 is 10.6 Å². The van der Waals surface area contributed by atoms with Crippen LogP contribution in [-0.4, -0.2) is 19.1 Å². The van der Waals surface area contributed by atoms with Crippen LogP contribution in [0.15, 0.2) is 16.6 Å². The van der Waals surface area contributed by atoms with Gasteiger partial charge in [0.15, 0.2) is 0 Å². The van der Waals surface area contributed by atoms with Crippen molar-refractivity contribution in [2.45, 2.75) is 25.8 Å². The van der Waals surface area contributed by atoms with Crippen molar-refractivity contribution in [1.29, 1.82) is 0 Å². The summed E-state index contributed by atoms with van der Waals surface area (Å²) in [4.78, 5) is 2.22. The van der Waals surface area contributed by atoms with E-state index in [0.717, 1.165) is 37.2 Å². The molecule has 0 saturated carbocycles. The highest BCUT2D eigenvalue weighted by atomic mass is 79.9. The monoisotopic (exact) mass is 286 g/mol. The molecule has 1 aromatic rings. The fourth-order valence-corrected chi connectivity index (χ4v) is 2.57. The summed E-state index contributed by atoms with van der Waals surface area (Å²) < 4.78 is 14.0. The van der Waals surface area contributed by atoms with Gasteiger partial charge in [0.05, 0.1) is 4.47 Å². The molecule has 0 aromatic heterocycles. The number of anilines is 1. The van der Waals surface area contributed by atoms with Crippen molar-refractivity contribution < 1.29 is 4.39 Å². The third kappa shape index (κ3) is 2.38. The first kappa shape index (κ1) is 11.9. The molecule has 0 atom stereocenters. The first-order chi connectivity index (χ1) is 7.58. The maximum absolute atomic E-state index is 13.5. The average molecular weight is 287 g/mol. The van der Waals surface area contributed by atoms with Gasteiger partial charge in [-0.25, -0.2) is 4.39 Å². The highest BCUT2D eigenvalue weighted by Crippen LogP contribution is 2.28. The van der Waals surface area contributed by atoms with E-state index in [4.69, 9.17) is 5.73 Å². The largest absolute Gasteiger partial charge is 0.371 e. The molecule has 1 heterocycles. The molecular weight excluding hydrogens is 271 g/mol. The minimum absolute atomic E-state index is 0.199. The lowest BCUT2D eigenvalue weighted by Crippen LogP contribution is -2.40. The normalized spacial score (nSPS) is 17.9. The first-order valence-corrected chi connectivity index (χ1v) is 6.33. The van der Waals surface area contributed by atoms with Gasteiger partial charge in [0.2, 0.25) is 0 Å². The Balaban J connectivity index is 2.23. The number of hydrogen-bond donors (Lipinski definition) is 1. The molecule has 16 heavy (non-hydrogen) atoms. The standard InChI is InChI=1S/C12H16BrFN2/c1-8-6-10(13)11(14)7-12(8)16-4-2-9(15)3-5-16/h6-7,9H,2-5,15H2,1H3. The molecular formula is C12H16BrFN2. The highest BCUT2D eigenvalue weighted by molar-refractivity contribution is 9.10. The fourth-order valence-electron chi connectivity index (χ4n) is 2.12. The molecule has 0 amide bonds. The molecule has 88 valence electrons. The smallest absolute Gasteiger partial charge is 0.139 e. The van der Waals surface area contributed by atoms with Crippen molar-refractivity contribution >= 4 is 21.6 Å². The maximum Gasteiger partial charge on any atom is 0.139 e. The first-order valence-electron chi connectivity index (χ1n) is 5.54. The molecule has 2 N–H and O–H groups in total. The van der Waals surface area contributed by atoms with Crippen molar-refractivity contribution in [3.05, 3.63) is 28.0 Å². The van der Waals surface area contributed by atoms with Gasteiger partial charge in [-0.2, -0.15) is 0 Å². The second kappa shape index (κ2) is 4.72. The lowest BCUT2D eigenvalue weighted by atomic mass is 10.0. The molecule has 1 aliphatic rings. The summed E-state index contributed by atoms with van der Waals surface area (Å²) in [5.41, 5.74) is 7.95. The Morgan fingerprint density at radius 1 is 1.38 bits per heavy atom. The lowest BCUT2D eigenvalue weighted by molar-refractivity contribution is 0.500. The molecule has 0 aliphatic carbocycles. The molecule has 1 fully saturated rings. The Hall–Kier alpha value is -0.610. The van der Waals surface area contributed by atoms with Gasteiger partial charge in [-0.1, -0.05) is 0 Å². The van der Waals surface area contributed by atoms with Crippen LogP contribution >= 0.6 is 15.9 Å². The van der Waals surface area contributed by atoms with Crippen LogP contribution in [-0.2, 0) is 0 Å². The van der Waals surface area contributed by atoms with Gasteiger partial charge in [0.25, 0.3) is 0 Å². The van der Waals surface area contributed by atoms with Gasteiger partial charge >= 0.3 is 0 Å². The summed E-state index contributed by atoms with van der Waals surface area (Å²) in [5, 5.41) is 0. The maximum atomic E-state index is 13.5. The van der Waals surface area contributed by atoms with E-state index in [0.29, 0.717) is 10.5 Å². The van der Waals surface area contributed by atoms with E-state index in [9.17, 15) is 4.39 Å². The van der Waals surface area contributed by atoms with E-state index >= 15 is 0 Å². The van der Waals surface area contributed by atoms with Crippen LogP contribution in [0.5, 0.6) is 0 Å². The third-order valence-corrected chi connectivity index (χ3v) is 3.73. The topological polar surface area (TPSA) is 29.3 Å². The summed E-state index contributed by atoms with van der Waals surface area (Å²) in [6.07, 6.45) is 1.97. The van der Waals surface area contributed by atoms with E-state index in [2.05, 4.69) is 20.8 Å². The van der Waals surface area contributed by atoms with Crippen molar-refractivity contribution in [2.24, 2.45) is 5.73 Å². The van der Waals surface area contributed by atoms with Gasteiger partial charge in [-0.15, -0.1) is 0 Å². The summed E-state index contributed by atoms with van der Waals surface area (Å²) in [7, 11) is 0. The van der Waals surface area contributed by atoms with Gasteiger partial charge in [-0.05, 0) is 53.4 Å². The van der Waals surface area contributed by atoms with Crippen LogP contribution in [0.25, 0.3) is 0 Å². The zero-order valence-electron chi connectivity index (χ0n) is 9.34. The Bertz CT molecular complexity index is 387. The van der Waals surface area contributed by atoms with Crippen LogP contribution in [0.1, 0.15) is 18.4 Å². The van der Waals surface area contributed by atoms with Crippen molar-refractivity contribution in [2.75, 3.05) is 18.0 Å². The van der Waals surface area contributed by atoms with Crippen molar-refractivity contribution in [3.63, 3.8) is 0 Å². The van der Waals surface area contributed by atoms with Crippen molar-refractivity contribution in [1.82, 2.24) is 0 Å². The average Bonchev–Trinajstić information content (AvgIpc) is 2.25. The minimum Gasteiger partial charge on any atom is -0.371 e. The van der Waals surface area contributed by atoms with Crippen LogP contribution in [0.3, 0.4) is 0 Å². The summed E-state index contributed by atoms with van der Waals surface area (Å²) >= 11 is 3.20. The fraction of sp³-hybridized carbons (Fsp3) is 0.500. The molecule has 1 aromatic carbocycles. The molecule has 1 saturated heterocycles. The molecule has 1 aliphatic heterocycles. The Labute approximate surface area is 104 Å². The number of aryl methyl sites for hydroxylation is 1. The number of nitrogens with zero attached hydrogens (tertiary/aromatic N) is 1. The quantitative estimate of drug-likeness (QED) is 0.860. The molecule has 0 unspecified atom stereocenters. The van der Waals surface area contributed by atoms with E-state index in [-0.39, 0.29) is 5.82 Å². The van der Waals surface area contributed by atoms with E-state index < -0.39 is 0 Å². The Morgan fingerprint density at radius 2 is 2.00 bits per heavy atom. The highest BCUT2D eigenvalue weighted by Gasteiger charge is 2.18. The SMILES string of the molecule is Cc1cc(Br)c(F)cc1N1CCC(N)CC1. The molecule has 2 rings (SSSR count). The number of halogens is 2. The van der Waals surface area contributed by atoms with Crippen LogP contribution in [0.2, 0.25) is 0 Å². The molecule has 4 heteroatoms. The second-order valence-corrected chi connectivity index (χ2v) is 5.23. The minimum atomic E-state index is -0.199. The van der Waals surface area contributed by atoms with Crippen molar-refractivity contribution in [3.8, 4) is 0 Å². The van der Waals surface area contributed by atoms with Gasteiger partial charge in [0, 0.05) is 24.8 Å². The lowest BCUT2D eigenvalue weighted by Gasteiger charge is -2.33. The van der Waals surface area contributed by atoms with E-state index in [1.165, 1.54) is 0 Å². The molecule has 0 spiro atoms. The van der Waals surface area contributed by atoms with Gasteiger partial charge in [-0.3, -0.25) is 0 Å². The van der Waals surface area contributed by atoms with E-state index in [1.54, 1.807) is 6.07 Å². The number of hydrogen-bond acceptors (Lipinski definition) is 2. The zero-order chi connectivity index (χ0) is 11.7. The zero-order valence-corrected chi connectivity index (χ0v) is 10.9. The number of nitrogens with two attached hydrogens (primary N) is 1. The van der Waals surface area contributed by atoms with Crippen LogP contribution < -0.4 is 10.6 Å². The predicted molar refractivity (Wildman–Crippen MR) is 68.3 cm³/mol. The van der Waals surface area contributed by atoms with Crippen LogP contribution in [0, 0.1) is 12.7 Å².